The van der Waals surface area contributed by atoms with Gasteiger partial charge in [-0.15, -0.1) is 6.58 Å². The summed E-state index contributed by atoms with van der Waals surface area (Å²) in [6.45, 7) is 7.42. The van der Waals surface area contributed by atoms with Crippen LogP contribution in [0.4, 0.5) is 4.79 Å². The maximum absolute atomic E-state index is 11.2. The van der Waals surface area contributed by atoms with E-state index in [0.29, 0.717) is 13.0 Å². The number of nitrogens with one attached hydrogen (secondary N) is 2. The number of rotatable bonds is 6. The van der Waals surface area contributed by atoms with Crippen LogP contribution in [0, 0.1) is 5.92 Å². The highest BCUT2D eigenvalue weighted by molar-refractivity contribution is 5.82. The summed E-state index contributed by atoms with van der Waals surface area (Å²) < 4.78 is 0. The number of carboxylic acid groups (broad SMARTS) is 1. The molecule has 0 fully saturated rings. The Morgan fingerprint density at radius 2 is 2.13 bits per heavy atom. The molecule has 0 bridgehead atoms. The van der Waals surface area contributed by atoms with E-state index >= 15 is 0 Å². The van der Waals surface area contributed by atoms with Crippen LogP contribution in [0.2, 0.25) is 0 Å². The van der Waals surface area contributed by atoms with Gasteiger partial charge >= 0.3 is 12.0 Å². The molecular formula is C10H18N2O3. The van der Waals surface area contributed by atoms with Gasteiger partial charge in [0.2, 0.25) is 0 Å². The van der Waals surface area contributed by atoms with Crippen LogP contribution >= 0.6 is 0 Å². The molecule has 0 saturated heterocycles. The normalized spacial score (nSPS) is 13.7. The van der Waals surface area contributed by atoms with Gasteiger partial charge in [0.25, 0.3) is 0 Å². The SMILES string of the molecule is C=CCNC(=O)NC(C(=O)O)C(C)CC. The Balaban J connectivity index is 4.22. The highest BCUT2D eigenvalue weighted by atomic mass is 16.4. The molecule has 0 aliphatic carbocycles. The van der Waals surface area contributed by atoms with Gasteiger partial charge in [-0.3, -0.25) is 0 Å². The molecule has 0 radical (unpaired) electrons. The number of hydrogen-bond donors (Lipinski definition) is 3. The molecule has 3 N–H and O–H groups in total. The molecule has 5 heteroatoms. The molecule has 0 rings (SSSR count). The third-order valence-electron chi connectivity index (χ3n) is 2.17. The van der Waals surface area contributed by atoms with Crippen molar-refractivity contribution in [3.63, 3.8) is 0 Å². The minimum absolute atomic E-state index is 0.100. The Morgan fingerprint density at radius 1 is 1.53 bits per heavy atom. The maximum Gasteiger partial charge on any atom is 0.326 e. The summed E-state index contributed by atoms with van der Waals surface area (Å²) in [7, 11) is 0. The zero-order valence-electron chi connectivity index (χ0n) is 9.12. The molecule has 15 heavy (non-hydrogen) atoms. The van der Waals surface area contributed by atoms with E-state index in [-0.39, 0.29) is 5.92 Å². The van der Waals surface area contributed by atoms with Crippen molar-refractivity contribution in [3.8, 4) is 0 Å². The molecular weight excluding hydrogens is 196 g/mol. The molecule has 0 spiro atoms. The average Bonchev–Trinajstić information content (AvgIpc) is 2.21. The average molecular weight is 214 g/mol. The van der Waals surface area contributed by atoms with E-state index in [2.05, 4.69) is 17.2 Å². The molecule has 0 aromatic carbocycles. The Labute approximate surface area is 89.6 Å². The summed E-state index contributed by atoms with van der Waals surface area (Å²) >= 11 is 0. The van der Waals surface area contributed by atoms with E-state index < -0.39 is 18.0 Å². The van der Waals surface area contributed by atoms with Crippen LogP contribution in [-0.4, -0.2) is 29.7 Å². The van der Waals surface area contributed by atoms with Crippen LogP contribution < -0.4 is 10.6 Å². The zero-order chi connectivity index (χ0) is 11.8. The summed E-state index contributed by atoms with van der Waals surface area (Å²) in [6, 6.07) is -1.33. The Bertz CT molecular complexity index is 241. The first-order chi connectivity index (χ1) is 7.02. The van der Waals surface area contributed by atoms with E-state index in [0.717, 1.165) is 0 Å². The van der Waals surface area contributed by atoms with Crippen molar-refractivity contribution in [2.45, 2.75) is 26.3 Å². The molecule has 86 valence electrons. The fourth-order valence-corrected chi connectivity index (χ4v) is 1.04. The molecule has 5 nitrogen and oxygen atoms in total. The van der Waals surface area contributed by atoms with Crippen molar-refractivity contribution in [3.05, 3.63) is 12.7 Å². The number of urea groups is 1. The first-order valence-corrected chi connectivity index (χ1v) is 4.91. The van der Waals surface area contributed by atoms with E-state index in [4.69, 9.17) is 5.11 Å². The largest absolute Gasteiger partial charge is 0.480 e. The quantitative estimate of drug-likeness (QED) is 0.576. The van der Waals surface area contributed by atoms with Gasteiger partial charge in [0.15, 0.2) is 0 Å². The predicted octanol–water partition coefficient (Wildman–Crippen LogP) is 0.971. The molecule has 0 aromatic rings. The summed E-state index contributed by atoms with van der Waals surface area (Å²) in [6.07, 6.45) is 2.22. The standard InChI is InChI=1S/C10H18N2O3/c1-4-6-11-10(15)12-8(9(13)14)7(3)5-2/h4,7-8H,1,5-6H2,2-3H3,(H,13,14)(H2,11,12,15). The van der Waals surface area contributed by atoms with Crippen LogP contribution in [0.1, 0.15) is 20.3 Å². The van der Waals surface area contributed by atoms with E-state index in [9.17, 15) is 9.59 Å². The van der Waals surface area contributed by atoms with E-state index in [1.807, 2.05) is 6.92 Å². The number of amides is 2. The fourth-order valence-electron chi connectivity index (χ4n) is 1.04. The Kier molecular flexibility index (Phi) is 6.17. The molecule has 0 saturated carbocycles. The van der Waals surface area contributed by atoms with Crippen molar-refractivity contribution in [2.75, 3.05) is 6.54 Å². The second kappa shape index (κ2) is 6.86. The van der Waals surface area contributed by atoms with E-state index in [1.165, 1.54) is 6.08 Å². The smallest absolute Gasteiger partial charge is 0.326 e. The van der Waals surface area contributed by atoms with Crippen molar-refractivity contribution >= 4 is 12.0 Å². The highest BCUT2D eigenvalue weighted by Crippen LogP contribution is 2.07. The summed E-state index contributed by atoms with van der Waals surface area (Å²) in [4.78, 5) is 22.1. The third-order valence-corrected chi connectivity index (χ3v) is 2.17. The third kappa shape index (κ3) is 5.05. The van der Waals surface area contributed by atoms with Crippen LogP contribution in [0.5, 0.6) is 0 Å². The topological polar surface area (TPSA) is 78.4 Å². The molecule has 0 aromatic heterocycles. The minimum Gasteiger partial charge on any atom is -0.480 e. The monoisotopic (exact) mass is 214 g/mol. The Morgan fingerprint density at radius 3 is 2.53 bits per heavy atom. The van der Waals surface area contributed by atoms with E-state index in [1.54, 1.807) is 6.92 Å². The van der Waals surface area contributed by atoms with Crippen LogP contribution in [0.15, 0.2) is 12.7 Å². The molecule has 0 aliphatic rings. The number of aliphatic carboxylic acids is 1. The van der Waals surface area contributed by atoms with Crippen molar-refractivity contribution in [1.29, 1.82) is 0 Å². The van der Waals surface area contributed by atoms with Gasteiger partial charge in [0.05, 0.1) is 0 Å². The minimum atomic E-state index is -1.02. The van der Waals surface area contributed by atoms with Gasteiger partial charge in [-0.2, -0.15) is 0 Å². The lowest BCUT2D eigenvalue weighted by Crippen LogP contribution is -2.49. The van der Waals surface area contributed by atoms with Gasteiger partial charge in [0.1, 0.15) is 6.04 Å². The molecule has 2 unspecified atom stereocenters. The van der Waals surface area contributed by atoms with Crippen LogP contribution in [-0.2, 0) is 4.79 Å². The summed E-state index contributed by atoms with van der Waals surface area (Å²) in [5.74, 6) is -1.12. The number of carboxylic acids is 1. The predicted molar refractivity (Wildman–Crippen MR) is 57.6 cm³/mol. The van der Waals surface area contributed by atoms with Crippen molar-refractivity contribution in [1.82, 2.24) is 10.6 Å². The lowest BCUT2D eigenvalue weighted by atomic mass is 9.99. The second-order valence-corrected chi connectivity index (χ2v) is 3.34. The van der Waals surface area contributed by atoms with Gasteiger partial charge in [-0.1, -0.05) is 26.3 Å². The first kappa shape index (κ1) is 13.5. The second-order valence-electron chi connectivity index (χ2n) is 3.34. The molecule has 2 amide bonds. The summed E-state index contributed by atoms with van der Waals surface area (Å²) in [5, 5.41) is 13.8. The van der Waals surface area contributed by atoms with Gasteiger partial charge in [0, 0.05) is 6.54 Å². The van der Waals surface area contributed by atoms with Gasteiger partial charge in [-0.05, 0) is 5.92 Å². The number of carbonyl (C=O) groups is 2. The Hall–Kier alpha value is -1.52. The lowest BCUT2D eigenvalue weighted by Gasteiger charge is -2.20. The zero-order valence-corrected chi connectivity index (χ0v) is 9.12. The highest BCUT2D eigenvalue weighted by Gasteiger charge is 2.24. The van der Waals surface area contributed by atoms with Crippen molar-refractivity contribution in [2.24, 2.45) is 5.92 Å². The maximum atomic E-state index is 11.2. The lowest BCUT2D eigenvalue weighted by molar-refractivity contribution is -0.140. The van der Waals surface area contributed by atoms with Crippen LogP contribution in [0.25, 0.3) is 0 Å². The first-order valence-electron chi connectivity index (χ1n) is 4.91. The molecule has 0 aliphatic heterocycles. The van der Waals surface area contributed by atoms with Crippen LogP contribution in [0.3, 0.4) is 0 Å². The summed E-state index contributed by atoms with van der Waals surface area (Å²) in [5.41, 5.74) is 0. The molecule has 2 atom stereocenters. The fraction of sp³-hybridized carbons (Fsp3) is 0.600. The number of carbonyl (C=O) groups excluding carboxylic acids is 1. The van der Waals surface area contributed by atoms with Crippen molar-refractivity contribution < 1.29 is 14.7 Å². The number of hydrogen-bond acceptors (Lipinski definition) is 2. The molecule has 0 heterocycles. The van der Waals surface area contributed by atoms with Gasteiger partial charge < -0.3 is 15.7 Å². The van der Waals surface area contributed by atoms with Gasteiger partial charge in [-0.25, -0.2) is 9.59 Å².